The minimum absolute atomic E-state index is 0.0160. The summed E-state index contributed by atoms with van der Waals surface area (Å²) in [6.07, 6.45) is 4.00. The van der Waals surface area contributed by atoms with Crippen LogP contribution >= 0.6 is 12.6 Å². The Hall–Kier alpha value is -0.180. The van der Waals surface area contributed by atoms with Crippen molar-refractivity contribution in [3.63, 3.8) is 0 Å². The van der Waals surface area contributed by atoms with Crippen LogP contribution in [0.1, 0.15) is 32.6 Å². The standard InChI is InChI=1S/C9H16O2S/c1-2-11-9(10)7-3-5-8(12)6-4-7/h7-8,12H,2-6H2,1H3. The number of ether oxygens (including phenoxy) is 1. The molecule has 0 unspecified atom stereocenters. The number of thiol groups is 1. The summed E-state index contributed by atoms with van der Waals surface area (Å²) >= 11 is 4.37. The molecule has 0 atom stereocenters. The smallest absolute Gasteiger partial charge is 0.308 e. The number of carbonyl (C=O) groups excluding carboxylic acids is 1. The van der Waals surface area contributed by atoms with E-state index in [9.17, 15) is 4.79 Å². The number of hydrogen-bond donors (Lipinski definition) is 1. The summed E-state index contributed by atoms with van der Waals surface area (Å²) in [7, 11) is 0. The van der Waals surface area contributed by atoms with Gasteiger partial charge in [0.05, 0.1) is 12.5 Å². The molecule has 0 aromatic carbocycles. The predicted molar refractivity (Wildman–Crippen MR) is 51.4 cm³/mol. The zero-order valence-electron chi connectivity index (χ0n) is 7.45. The molecule has 70 valence electrons. The van der Waals surface area contributed by atoms with Gasteiger partial charge >= 0.3 is 5.97 Å². The van der Waals surface area contributed by atoms with Crippen LogP contribution in [-0.2, 0) is 9.53 Å². The van der Waals surface area contributed by atoms with Gasteiger partial charge in [-0.2, -0.15) is 12.6 Å². The van der Waals surface area contributed by atoms with Gasteiger partial charge in [-0.25, -0.2) is 0 Å². The molecule has 0 amide bonds. The van der Waals surface area contributed by atoms with Crippen LogP contribution < -0.4 is 0 Å². The molecule has 1 fully saturated rings. The van der Waals surface area contributed by atoms with E-state index in [1.54, 1.807) is 0 Å². The van der Waals surface area contributed by atoms with Gasteiger partial charge in [0.1, 0.15) is 0 Å². The molecule has 1 saturated carbocycles. The van der Waals surface area contributed by atoms with Crippen molar-refractivity contribution in [2.45, 2.75) is 37.9 Å². The molecule has 0 aromatic heterocycles. The van der Waals surface area contributed by atoms with Crippen molar-refractivity contribution in [2.24, 2.45) is 5.92 Å². The van der Waals surface area contributed by atoms with E-state index in [1.165, 1.54) is 0 Å². The summed E-state index contributed by atoms with van der Waals surface area (Å²) < 4.78 is 4.95. The largest absolute Gasteiger partial charge is 0.466 e. The molecule has 3 heteroatoms. The first-order chi connectivity index (χ1) is 5.74. The van der Waals surface area contributed by atoms with E-state index in [-0.39, 0.29) is 11.9 Å². The van der Waals surface area contributed by atoms with Crippen molar-refractivity contribution in [1.82, 2.24) is 0 Å². The lowest BCUT2D eigenvalue weighted by atomic mass is 9.89. The van der Waals surface area contributed by atoms with E-state index in [2.05, 4.69) is 12.6 Å². The maximum absolute atomic E-state index is 11.3. The van der Waals surface area contributed by atoms with E-state index in [1.807, 2.05) is 6.92 Å². The van der Waals surface area contributed by atoms with Crippen molar-refractivity contribution in [3.05, 3.63) is 0 Å². The third kappa shape index (κ3) is 2.70. The summed E-state index contributed by atoms with van der Waals surface area (Å²) in [5.41, 5.74) is 0. The lowest BCUT2D eigenvalue weighted by molar-refractivity contribution is -0.149. The highest BCUT2D eigenvalue weighted by atomic mass is 32.1. The molecular weight excluding hydrogens is 172 g/mol. The lowest BCUT2D eigenvalue weighted by Crippen LogP contribution is -2.23. The van der Waals surface area contributed by atoms with Gasteiger partial charge < -0.3 is 4.74 Å². The van der Waals surface area contributed by atoms with Gasteiger partial charge in [-0.1, -0.05) is 0 Å². The maximum Gasteiger partial charge on any atom is 0.308 e. The zero-order chi connectivity index (χ0) is 8.97. The molecule has 2 nitrogen and oxygen atoms in total. The van der Waals surface area contributed by atoms with Gasteiger partial charge in [0.2, 0.25) is 0 Å². The lowest BCUT2D eigenvalue weighted by Gasteiger charge is -2.23. The molecule has 0 N–H and O–H groups in total. The second-order valence-corrected chi connectivity index (χ2v) is 3.99. The van der Waals surface area contributed by atoms with Gasteiger partial charge in [-0.15, -0.1) is 0 Å². The summed E-state index contributed by atoms with van der Waals surface area (Å²) in [5.74, 6) is 0.131. The Kier molecular flexibility index (Phi) is 3.92. The van der Waals surface area contributed by atoms with Gasteiger partial charge in [0.15, 0.2) is 0 Å². The minimum Gasteiger partial charge on any atom is -0.466 e. The Morgan fingerprint density at radius 2 is 2.00 bits per heavy atom. The Morgan fingerprint density at radius 3 is 2.50 bits per heavy atom. The molecule has 0 spiro atoms. The average molecular weight is 188 g/mol. The number of esters is 1. The summed E-state index contributed by atoms with van der Waals surface area (Å²) in [4.78, 5) is 11.3. The van der Waals surface area contributed by atoms with Crippen molar-refractivity contribution in [2.75, 3.05) is 6.61 Å². The first-order valence-corrected chi connectivity index (χ1v) is 5.10. The fourth-order valence-electron chi connectivity index (χ4n) is 1.57. The molecule has 1 aliphatic carbocycles. The molecule has 0 aliphatic heterocycles. The molecule has 0 aromatic rings. The van der Waals surface area contributed by atoms with E-state index < -0.39 is 0 Å². The molecule has 1 rings (SSSR count). The van der Waals surface area contributed by atoms with Gasteiger partial charge in [-0.3, -0.25) is 4.79 Å². The highest BCUT2D eigenvalue weighted by molar-refractivity contribution is 7.80. The van der Waals surface area contributed by atoms with E-state index in [0.29, 0.717) is 11.9 Å². The Morgan fingerprint density at radius 1 is 1.42 bits per heavy atom. The van der Waals surface area contributed by atoms with Crippen LogP contribution in [0.15, 0.2) is 0 Å². The minimum atomic E-state index is -0.0160. The Labute approximate surface area is 79.1 Å². The second kappa shape index (κ2) is 4.75. The molecule has 0 heterocycles. The molecule has 0 saturated heterocycles. The van der Waals surface area contributed by atoms with Crippen LogP contribution in [0.3, 0.4) is 0 Å². The van der Waals surface area contributed by atoms with Gasteiger partial charge in [0.25, 0.3) is 0 Å². The van der Waals surface area contributed by atoms with Crippen LogP contribution in [-0.4, -0.2) is 17.8 Å². The predicted octanol–water partition coefficient (Wildman–Crippen LogP) is 2.04. The number of carbonyl (C=O) groups is 1. The van der Waals surface area contributed by atoms with E-state index in [4.69, 9.17) is 4.74 Å². The summed E-state index contributed by atoms with van der Waals surface area (Å²) in [6, 6.07) is 0. The average Bonchev–Trinajstić information content (AvgIpc) is 2.06. The highest BCUT2D eigenvalue weighted by Gasteiger charge is 2.25. The van der Waals surface area contributed by atoms with Crippen molar-refractivity contribution in [3.8, 4) is 0 Å². The summed E-state index contributed by atoms with van der Waals surface area (Å²) in [6.45, 7) is 2.35. The van der Waals surface area contributed by atoms with Gasteiger partial charge in [-0.05, 0) is 32.6 Å². The normalized spacial score (nSPS) is 29.8. The van der Waals surface area contributed by atoms with Crippen LogP contribution in [0.25, 0.3) is 0 Å². The Bertz CT molecular complexity index is 151. The highest BCUT2D eigenvalue weighted by Crippen LogP contribution is 2.27. The first-order valence-electron chi connectivity index (χ1n) is 4.58. The maximum atomic E-state index is 11.3. The van der Waals surface area contributed by atoms with Crippen LogP contribution in [0.4, 0.5) is 0 Å². The summed E-state index contributed by atoms with van der Waals surface area (Å²) in [5, 5.41) is 0.496. The third-order valence-corrected chi connectivity index (χ3v) is 2.83. The van der Waals surface area contributed by atoms with Crippen LogP contribution in [0, 0.1) is 5.92 Å². The molecular formula is C9H16O2S. The molecule has 0 radical (unpaired) electrons. The fourth-order valence-corrected chi connectivity index (χ4v) is 1.87. The van der Waals surface area contributed by atoms with Crippen LogP contribution in [0.5, 0.6) is 0 Å². The quantitative estimate of drug-likeness (QED) is 0.530. The van der Waals surface area contributed by atoms with Crippen molar-refractivity contribution in [1.29, 1.82) is 0 Å². The topological polar surface area (TPSA) is 26.3 Å². The molecule has 1 aliphatic rings. The second-order valence-electron chi connectivity index (χ2n) is 3.26. The molecule has 12 heavy (non-hydrogen) atoms. The fraction of sp³-hybridized carbons (Fsp3) is 0.889. The van der Waals surface area contributed by atoms with Gasteiger partial charge in [0, 0.05) is 5.25 Å². The Balaban J connectivity index is 2.29. The SMILES string of the molecule is CCOC(=O)C1CCC(S)CC1. The monoisotopic (exact) mass is 188 g/mol. The van der Waals surface area contributed by atoms with E-state index >= 15 is 0 Å². The zero-order valence-corrected chi connectivity index (χ0v) is 8.35. The van der Waals surface area contributed by atoms with Crippen molar-refractivity contribution < 1.29 is 9.53 Å². The number of rotatable bonds is 2. The van der Waals surface area contributed by atoms with Crippen LogP contribution in [0.2, 0.25) is 0 Å². The van der Waals surface area contributed by atoms with E-state index in [0.717, 1.165) is 25.7 Å². The first kappa shape index (κ1) is 9.90. The number of hydrogen-bond acceptors (Lipinski definition) is 3. The third-order valence-electron chi connectivity index (χ3n) is 2.32. The molecule has 0 bridgehead atoms. The van der Waals surface area contributed by atoms with Crippen molar-refractivity contribution >= 4 is 18.6 Å².